The number of rotatable bonds is 11. The second-order valence-corrected chi connectivity index (χ2v) is 6.04. The summed E-state index contributed by atoms with van der Waals surface area (Å²) in [6.45, 7) is 11.7. The Morgan fingerprint density at radius 2 is 1.43 bits per heavy atom. The van der Waals surface area contributed by atoms with Gasteiger partial charge in [-0.2, -0.15) is 9.78 Å². The molecule has 0 amide bonds. The fourth-order valence-electron chi connectivity index (χ4n) is 1.37. The molecule has 0 spiro atoms. The number of hydrogen-bond acceptors (Lipinski definition) is 8. The van der Waals surface area contributed by atoms with Crippen LogP contribution >= 0.6 is 0 Å². The van der Waals surface area contributed by atoms with E-state index in [2.05, 4.69) is 45.5 Å². The fraction of sp³-hybridized carbons (Fsp3) is 0.867. The highest BCUT2D eigenvalue weighted by Gasteiger charge is 2.25. The Morgan fingerprint density at radius 1 is 0.913 bits per heavy atom. The molecule has 0 heterocycles. The minimum atomic E-state index is -1.42. The van der Waals surface area contributed by atoms with E-state index in [0.29, 0.717) is 19.3 Å². The Kier molecular flexibility index (Phi) is 10.7. The zero-order valence-electron chi connectivity index (χ0n) is 14.7. The monoisotopic (exact) mass is 336 g/mol. The van der Waals surface area contributed by atoms with Crippen LogP contribution < -0.4 is 0 Å². The largest absolute Gasteiger partial charge is 0.456 e. The van der Waals surface area contributed by atoms with Crippen molar-refractivity contribution in [1.29, 1.82) is 0 Å². The van der Waals surface area contributed by atoms with Gasteiger partial charge in [0.1, 0.15) is 0 Å². The molecule has 0 aliphatic rings. The maximum atomic E-state index is 11.3. The van der Waals surface area contributed by atoms with E-state index in [4.69, 9.17) is 4.89 Å². The van der Waals surface area contributed by atoms with Crippen molar-refractivity contribution in [3.8, 4) is 0 Å². The summed E-state index contributed by atoms with van der Waals surface area (Å²) >= 11 is 0. The highest BCUT2D eigenvalue weighted by molar-refractivity contribution is 6.29. The van der Waals surface area contributed by atoms with E-state index >= 15 is 0 Å². The summed E-state index contributed by atoms with van der Waals surface area (Å²) in [6, 6.07) is 0. The first-order valence-electron chi connectivity index (χ1n) is 7.84. The van der Waals surface area contributed by atoms with Crippen LogP contribution in [0.4, 0.5) is 0 Å². The molecule has 0 radical (unpaired) electrons. The number of carbonyl (C=O) groups is 2. The van der Waals surface area contributed by atoms with Gasteiger partial charge in [-0.05, 0) is 41.7 Å². The molecule has 0 rings (SSSR count). The molecule has 0 saturated carbocycles. The standard InChI is InChI=1S/C15H28O8/c1-7-11(4)18-22-20-13(16)14(17)21-23-19-12(8-2)10-15(5,6)9-3/h11-12H,7-10H2,1-6H3. The molecule has 0 N–H and O–H groups in total. The number of hydrogen-bond donors (Lipinski definition) is 0. The molecule has 0 bridgehead atoms. The van der Waals surface area contributed by atoms with Crippen molar-refractivity contribution in [3.05, 3.63) is 0 Å². The van der Waals surface area contributed by atoms with Crippen LogP contribution in [0, 0.1) is 5.41 Å². The van der Waals surface area contributed by atoms with Gasteiger partial charge < -0.3 is 0 Å². The van der Waals surface area contributed by atoms with Crippen LogP contribution in [-0.2, 0) is 39.2 Å². The molecule has 8 heteroatoms. The molecular formula is C15H28O8. The quantitative estimate of drug-likeness (QED) is 0.323. The molecule has 0 aromatic carbocycles. The van der Waals surface area contributed by atoms with E-state index in [-0.39, 0.29) is 17.6 Å². The highest BCUT2D eigenvalue weighted by Crippen LogP contribution is 2.28. The van der Waals surface area contributed by atoms with Gasteiger partial charge in [0.2, 0.25) is 0 Å². The van der Waals surface area contributed by atoms with Crippen LogP contribution in [0.15, 0.2) is 0 Å². The van der Waals surface area contributed by atoms with Crippen molar-refractivity contribution in [2.45, 2.75) is 79.4 Å². The summed E-state index contributed by atoms with van der Waals surface area (Å²) in [5, 5.41) is 8.51. The van der Waals surface area contributed by atoms with Gasteiger partial charge in [-0.1, -0.05) is 41.0 Å². The summed E-state index contributed by atoms with van der Waals surface area (Å²) < 4.78 is 0. The van der Waals surface area contributed by atoms with Crippen LogP contribution in [-0.4, -0.2) is 24.1 Å². The molecular weight excluding hydrogens is 308 g/mol. The third-order valence-electron chi connectivity index (χ3n) is 3.53. The minimum Gasteiger partial charge on any atom is -0.255 e. The average molecular weight is 336 g/mol. The Morgan fingerprint density at radius 3 is 1.87 bits per heavy atom. The lowest BCUT2D eigenvalue weighted by molar-refractivity contribution is -0.511. The first-order chi connectivity index (χ1) is 10.8. The molecule has 2 atom stereocenters. The van der Waals surface area contributed by atoms with Crippen molar-refractivity contribution in [3.63, 3.8) is 0 Å². The van der Waals surface area contributed by atoms with Crippen LogP contribution in [0.25, 0.3) is 0 Å². The maximum Gasteiger partial charge on any atom is 0.456 e. The summed E-state index contributed by atoms with van der Waals surface area (Å²) in [7, 11) is 0. The Labute approximate surface area is 137 Å². The second-order valence-electron chi connectivity index (χ2n) is 6.04. The van der Waals surface area contributed by atoms with Gasteiger partial charge in [0.25, 0.3) is 0 Å². The Hall–Kier alpha value is -1.22. The summed E-state index contributed by atoms with van der Waals surface area (Å²) in [5.41, 5.74) is 0.0636. The van der Waals surface area contributed by atoms with Gasteiger partial charge >= 0.3 is 11.9 Å². The second kappa shape index (κ2) is 11.3. The molecule has 2 unspecified atom stereocenters. The van der Waals surface area contributed by atoms with Crippen molar-refractivity contribution >= 4 is 11.9 Å². The molecule has 23 heavy (non-hydrogen) atoms. The SMILES string of the molecule is CCC(C)OOOC(=O)C(=O)OOOC(CC)CC(C)(C)CC. The summed E-state index contributed by atoms with van der Waals surface area (Å²) in [4.78, 5) is 40.3. The van der Waals surface area contributed by atoms with E-state index in [1.807, 2.05) is 13.8 Å². The van der Waals surface area contributed by atoms with Gasteiger partial charge in [0, 0.05) is 0 Å². The highest BCUT2D eigenvalue weighted by atomic mass is 17.5. The van der Waals surface area contributed by atoms with Crippen LogP contribution in [0.5, 0.6) is 0 Å². The molecule has 0 fully saturated rings. The maximum absolute atomic E-state index is 11.3. The molecule has 8 nitrogen and oxygen atoms in total. The average Bonchev–Trinajstić information content (AvgIpc) is 2.53. The Balaban J connectivity index is 4.01. The van der Waals surface area contributed by atoms with Crippen molar-refractivity contribution in [2.75, 3.05) is 0 Å². The topological polar surface area (TPSA) is 89.5 Å². The summed E-state index contributed by atoms with van der Waals surface area (Å²) in [5.74, 6) is -2.83. The van der Waals surface area contributed by atoms with E-state index < -0.39 is 11.9 Å². The smallest absolute Gasteiger partial charge is 0.255 e. The number of carbonyl (C=O) groups excluding carboxylic acids is 2. The van der Waals surface area contributed by atoms with E-state index in [1.54, 1.807) is 6.92 Å². The molecule has 0 aliphatic heterocycles. The van der Waals surface area contributed by atoms with Crippen molar-refractivity contribution in [2.24, 2.45) is 5.41 Å². The van der Waals surface area contributed by atoms with E-state index in [1.165, 1.54) is 0 Å². The van der Waals surface area contributed by atoms with Crippen LogP contribution in [0.2, 0.25) is 0 Å². The lowest BCUT2D eigenvalue weighted by Crippen LogP contribution is -2.25. The lowest BCUT2D eigenvalue weighted by Gasteiger charge is -2.26. The predicted octanol–water partition coefficient (Wildman–Crippen LogP) is 3.20. The minimum absolute atomic E-state index is 0.0636. The van der Waals surface area contributed by atoms with Crippen LogP contribution in [0.3, 0.4) is 0 Å². The van der Waals surface area contributed by atoms with Crippen LogP contribution in [0.1, 0.15) is 67.2 Å². The first-order valence-corrected chi connectivity index (χ1v) is 7.84. The normalized spacial score (nSPS) is 14.2. The molecule has 136 valence electrons. The van der Waals surface area contributed by atoms with Gasteiger partial charge in [0.05, 0.1) is 12.2 Å². The van der Waals surface area contributed by atoms with Gasteiger partial charge in [-0.3, -0.25) is 9.78 Å². The lowest BCUT2D eigenvalue weighted by atomic mass is 9.83. The Bertz CT molecular complexity index is 355. The third-order valence-corrected chi connectivity index (χ3v) is 3.53. The molecule has 0 aliphatic carbocycles. The van der Waals surface area contributed by atoms with Crippen molar-refractivity contribution < 1.29 is 39.2 Å². The third kappa shape index (κ3) is 10.2. The zero-order valence-corrected chi connectivity index (χ0v) is 14.7. The van der Waals surface area contributed by atoms with Gasteiger partial charge in [0.15, 0.2) is 0 Å². The van der Waals surface area contributed by atoms with Gasteiger partial charge in [-0.15, -0.1) is 0 Å². The molecule has 0 aromatic heterocycles. The van der Waals surface area contributed by atoms with Crippen molar-refractivity contribution in [1.82, 2.24) is 0 Å². The summed E-state index contributed by atoms with van der Waals surface area (Å²) in [6.07, 6.45) is 2.44. The van der Waals surface area contributed by atoms with E-state index in [9.17, 15) is 9.59 Å². The zero-order chi connectivity index (χ0) is 17.9. The predicted molar refractivity (Wildman–Crippen MR) is 79.0 cm³/mol. The molecule has 0 saturated heterocycles. The fourth-order valence-corrected chi connectivity index (χ4v) is 1.37. The first kappa shape index (κ1) is 21.8. The van der Waals surface area contributed by atoms with E-state index in [0.717, 1.165) is 6.42 Å². The van der Waals surface area contributed by atoms with Gasteiger partial charge in [-0.25, -0.2) is 9.59 Å². The molecule has 0 aromatic rings.